The minimum Gasteiger partial charge on any atom is -0.497 e. The molecular formula is C21H17N3O6. The van der Waals surface area contributed by atoms with Crippen LogP contribution in [0.1, 0.15) is 15.9 Å². The van der Waals surface area contributed by atoms with Crippen LogP contribution < -0.4 is 14.8 Å². The van der Waals surface area contributed by atoms with Crippen LogP contribution in [0.5, 0.6) is 11.5 Å². The number of fused-ring (bicyclic) bond motifs is 2. The van der Waals surface area contributed by atoms with Crippen molar-refractivity contribution in [3.05, 3.63) is 59.5 Å². The smallest absolute Gasteiger partial charge is 0.415 e. The number of nitrogens with one attached hydrogen (secondary N) is 2. The lowest BCUT2D eigenvalue weighted by molar-refractivity contribution is 0.101. The fraction of sp³-hybridized carbons (Fsp3) is 0.0952. The van der Waals surface area contributed by atoms with Gasteiger partial charge in [0.1, 0.15) is 11.5 Å². The first-order valence-electron chi connectivity index (χ1n) is 8.88. The number of Topliss-reactive ketones (excluding diaryl/α,β-unsaturated/α-hetero) is 1. The maximum atomic E-state index is 12.8. The van der Waals surface area contributed by atoms with Crippen LogP contribution in [0.2, 0.25) is 0 Å². The number of ketones is 1. The van der Waals surface area contributed by atoms with Gasteiger partial charge in [-0.1, -0.05) is 0 Å². The number of carbonyl (C=O) groups excluding carboxylic acids is 2. The number of imide groups is 1. The molecule has 0 unspecified atom stereocenters. The number of methoxy groups -OCH3 is 1. The lowest BCUT2D eigenvalue weighted by atomic mass is 10.1. The van der Waals surface area contributed by atoms with Crippen LogP contribution in [0.3, 0.4) is 0 Å². The number of carboxylic acid groups (broad SMARTS) is 1. The molecule has 0 bridgehead atoms. The van der Waals surface area contributed by atoms with E-state index >= 15 is 0 Å². The maximum Gasteiger partial charge on any atom is 0.415 e. The molecule has 0 atom stereocenters. The van der Waals surface area contributed by atoms with Crippen molar-refractivity contribution >= 4 is 40.6 Å². The third kappa shape index (κ3) is 3.32. The number of allylic oxidation sites excluding steroid dienone is 1. The van der Waals surface area contributed by atoms with Crippen LogP contribution in [0.25, 0.3) is 17.0 Å². The van der Waals surface area contributed by atoms with Crippen LogP contribution >= 0.6 is 0 Å². The Morgan fingerprint density at radius 1 is 1.23 bits per heavy atom. The fourth-order valence-corrected chi connectivity index (χ4v) is 3.07. The minimum absolute atomic E-state index is 0.139. The number of carbonyl (C=O) groups is 3. The molecule has 2 heterocycles. The Morgan fingerprint density at radius 3 is 2.77 bits per heavy atom. The number of ether oxygens (including phenoxy) is 2. The number of anilines is 1. The van der Waals surface area contributed by atoms with Crippen molar-refractivity contribution in [1.82, 2.24) is 9.88 Å². The molecule has 9 heteroatoms. The summed E-state index contributed by atoms with van der Waals surface area (Å²) in [5.41, 5.74) is 2.20. The van der Waals surface area contributed by atoms with Crippen molar-refractivity contribution in [1.29, 1.82) is 0 Å². The number of benzene rings is 2. The highest BCUT2D eigenvalue weighted by molar-refractivity contribution is 6.16. The molecular weight excluding hydrogens is 390 g/mol. The number of aromatic nitrogens is 1. The van der Waals surface area contributed by atoms with Gasteiger partial charge < -0.3 is 24.9 Å². The predicted molar refractivity (Wildman–Crippen MR) is 109 cm³/mol. The van der Waals surface area contributed by atoms with Gasteiger partial charge >= 0.3 is 12.1 Å². The van der Waals surface area contributed by atoms with Crippen molar-refractivity contribution in [2.75, 3.05) is 19.5 Å². The van der Waals surface area contributed by atoms with E-state index in [0.29, 0.717) is 16.4 Å². The van der Waals surface area contributed by atoms with E-state index < -0.39 is 12.1 Å². The first kappa shape index (κ1) is 19.1. The average Bonchev–Trinajstić information content (AvgIpc) is 3.28. The van der Waals surface area contributed by atoms with Gasteiger partial charge in [0.2, 0.25) is 5.78 Å². The number of rotatable bonds is 3. The van der Waals surface area contributed by atoms with Gasteiger partial charge in [0.25, 0.3) is 0 Å². The van der Waals surface area contributed by atoms with Crippen LogP contribution in [0.4, 0.5) is 15.3 Å². The first-order chi connectivity index (χ1) is 14.4. The summed E-state index contributed by atoms with van der Waals surface area (Å²) in [5, 5.41) is 12.2. The van der Waals surface area contributed by atoms with E-state index in [1.165, 1.54) is 12.1 Å². The first-order valence-corrected chi connectivity index (χ1v) is 8.88. The summed E-state index contributed by atoms with van der Waals surface area (Å²) in [6.45, 7) is 0. The second kappa shape index (κ2) is 7.28. The number of hydrogen-bond acceptors (Lipinski definition) is 5. The normalized spacial score (nSPS) is 13.8. The molecule has 1 aliphatic heterocycles. The number of aromatic amines is 1. The van der Waals surface area contributed by atoms with Crippen molar-refractivity contribution in [2.45, 2.75) is 0 Å². The van der Waals surface area contributed by atoms with E-state index in [2.05, 4.69) is 10.3 Å². The number of hydrogen-bond donors (Lipinski definition) is 3. The van der Waals surface area contributed by atoms with E-state index in [9.17, 15) is 14.4 Å². The van der Waals surface area contributed by atoms with E-state index in [1.807, 2.05) is 18.2 Å². The molecule has 4 rings (SSSR count). The van der Waals surface area contributed by atoms with Crippen molar-refractivity contribution in [3.8, 4) is 11.5 Å². The van der Waals surface area contributed by atoms with Crippen molar-refractivity contribution in [2.24, 2.45) is 0 Å². The SMILES string of the molecule is COc1ccc2[nH]cc(C=C3Oc4ccc(NC(=O)N(C)C(=O)O)cc4C3=O)c2c1. The van der Waals surface area contributed by atoms with Crippen LogP contribution in [0.15, 0.2) is 48.4 Å². The molecule has 152 valence electrons. The maximum absolute atomic E-state index is 12.8. The van der Waals surface area contributed by atoms with E-state index in [-0.39, 0.29) is 22.8 Å². The zero-order valence-corrected chi connectivity index (χ0v) is 16.1. The predicted octanol–water partition coefficient (Wildman–Crippen LogP) is 3.93. The highest BCUT2D eigenvalue weighted by Crippen LogP contribution is 2.35. The molecule has 0 aliphatic carbocycles. The highest BCUT2D eigenvalue weighted by atomic mass is 16.5. The zero-order chi connectivity index (χ0) is 21.4. The molecule has 0 saturated heterocycles. The third-order valence-corrected chi connectivity index (χ3v) is 4.72. The van der Waals surface area contributed by atoms with Gasteiger partial charge in [-0.3, -0.25) is 4.79 Å². The van der Waals surface area contributed by atoms with Crippen molar-refractivity contribution in [3.63, 3.8) is 0 Å². The molecule has 3 N–H and O–H groups in total. The number of amides is 3. The molecule has 9 nitrogen and oxygen atoms in total. The van der Waals surface area contributed by atoms with Crippen LogP contribution in [0, 0.1) is 0 Å². The molecule has 30 heavy (non-hydrogen) atoms. The Balaban J connectivity index is 1.61. The molecule has 0 spiro atoms. The Labute approximate surface area is 170 Å². The number of urea groups is 1. The molecule has 1 aromatic heterocycles. The zero-order valence-electron chi connectivity index (χ0n) is 16.1. The lowest BCUT2D eigenvalue weighted by Gasteiger charge is -2.12. The Kier molecular flexibility index (Phi) is 4.63. The molecule has 0 saturated carbocycles. The summed E-state index contributed by atoms with van der Waals surface area (Å²) < 4.78 is 11.0. The molecule has 3 aromatic rings. The second-order valence-corrected chi connectivity index (χ2v) is 6.58. The summed E-state index contributed by atoms with van der Waals surface area (Å²) in [6.07, 6.45) is 2.01. The minimum atomic E-state index is -1.39. The van der Waals surface area contributed by atoms with E-state index in [4.69, 9.17) is 14.6 Å². The van der Waals surface area contributed by atoms with Crippen molar-refractivity contribution < 1.29 is 29.0 Å². The van der Waals surface area contributed by atoms with E-state index in [1.54, 1.807) is 25.4 Å². The van der Waals surface area contributed by atoms with Gasteiger partial charge in [-0.15, -0.1) is 0 Å². The number of H-pyrrole nitrogens is 1. The molecule has 3 amide bonds. The largest absolute Gasteiger partial charge is 0.497 e. The van der Waals surface area contributed by atoms with Gasteiger partial charge in [0.15, 0.2) is 5.76 Å². The monoisotopic (exact) mass is 407 g/mol. The quantitative estimate of drug-likeness (QED) is 0.566. The van der Waals surface area contributed by atoms with Gasteiger partial charge in [-0.25, -0.2) is 14.5 Å². The third-order valence-electron chi connectivity index (χ3n) is 4.72. The number of nitrogens with zero attached hydrogens (tertiary/aromatic N) is 1. The molecule has 0 radical (unpaired) electrons. The molecule has 0 fully saturated rings. The van der Waals surface area contributed by atoms with Gasteiger partial charge in [-0.05, 0) is 42.5 Å². The fourth-order valence-electron chi connectivity index (χ4n) is 3.07. The second-order valence-electron chi connectivity index (χ2n) is 6.58. The standard InChI is InChI=1S/C21H17N3O6/c1-24(21(27)28)20(26)23-12-3-6-17-15(8-12)19(25)18(30-17)7-11-10-22-16-5-4-13(29-2)9-14(11)16/h3-10,22H,1-2H3,(H,23,26)(H,27,28). The average molecular weight is 407 g/mol. The molecule has 1 aliphatic rings. The Morgan fingerprint density at radius 2 is 2.03 bits per heavy atom. The Bertz CT molecular complexity index is 1230. The summed E-state index contributed by atoms with van der Waals surface area (Å²) in [5.74, 6) is 0.841. The summed E-state index contributed by atoms with van der Waals surface area (Å²) >= 11 is 0. The highest BCUT2D eigenvalue weighted by Gasteiger charge is 2.28. The molecule has 2 aromatic carbocycles. The summed E-state index contributed by atoms with van der Waals surface area (Å²) in [4.78, 5) is 39.2. The van der Waals surface area contributed by atoms with Gasteiger partial charge in [0.05, 0.1) is 12.7 Å². The lowest BCUT2D eigenvalue weighted by Crippen LogP contribution is -2.35. The van der Waals surface area contributed by atoms with Crippen LogP contribution in [-0.2, 0) is 0 Å². The van der Waals surface area contributed by atoms with Gasteiger partial charge in [0, 0.05) is 35.4 Å². The van der Waals surface area contributed by atoms with Gasteiger partial charge in [-0.2, -0.15) is 0 Å². The summed E-state index contributed by atoms with van der Waals surface area (Å²) in [6, 6.07) is 9.26. The van der Waals surface area contributed by atoms with E-state index in [0.717, 1.165) is 23.5 Å². The Hall–Kier alpha value is -4.27. The topological polar surface area (TPSA) is 121 Å². The van der Waals surface area contributed by atoms with Crippen LogP contribution in [-0.4, -0.2) is 47.1 Å². The summed E-state index contributed by atoms with van der Waals surface area (Å²) in [7, 11) is 2.70.